The van der Waals surface area contributed by atoms with Crippen LogP contribution in [0.3, 0.4) is 0 Å². The van der Waals surface area contributed by atoms with Gasteiger partial charge in [0.15, 0.2) is 0 Å². The summed E-state index contributed by atoms with van der Waals surface area (Å²) in [6.45, 7) is 3.81. The molecule has 1 atom stereocenters. The van der Waals surface area contributed by atoms with Gasteiger partial charge in [0.1, 0.15) is 6.04 Å². The molecule has 0 radical (unpaired) electrons. The average Bonchev–Trinajstić information content (AvgIpc) is 2.85. The van der Waals surface area contributed by atoms with Crippen molar-refractivity contribution in [1.82, 2.24) is 9.78 Å². The van der Waals surface area contributed by atoms with E-state index in [4.69, 9.17) is 0 Å². The van der Waals surface area contributed by atoms with Gasteiger partial charge >= 0.3 is 0 Å². The van der Waals surface area contributed by atoms with E-state index >= 15 is 0 Å². The number of nitrogens with zero attached hydrogens (tertiary/aromatic N) is 2. The Kier molecular flexibility index (Phi) is 3.81. The lowest BCUT2D eigenvalue weighted by molar-refractivity contribution is -0.119. The topological polar surface area (TPSA) is 46.9 Å². The standard InChI is InChI=1S/C13H14BrN3O/c1-9-4-5-12(11(14)8-9)16-13(18)10(2)17-7-3-6-15-17/h3-8,10H,1-2H3,(H,16,18). The second-order valence-corrected chi connectivity index (χ2v) is 4.99. The molecule has 94 valence electrons. The fourth-order valence-corrected chi connectivity index (χ4v) is 2.18. The molecule has 5 heteroatoms. The predicted octanol–water partition coefficient (Wildman–Crippen LogP) is 3.15. The highest BCUT2D eigenvalue weighted by atomic mass is 79.9. The molecular weight excluding hydrogens is 294 g/mol. The minimum atomic E-state index is -0.340. The summed E-state index contributed by atoms with van der Waals surface area (Å²) in [5.41, 5.74) is 1.91. The number of carbonyl (C=O) groups excluding carboxylic acids is 1. The fraction of sp³-hybridized carbons (Fsp3) is 0.231. The van der Waals surface area contributed by atoms with Crippen LogP contribution in [0, 0.1) is 6.92 Å². The second kappa shape index (κ2) is 5.35. The average molecular weight is 308 g/mol. The van der Waals surface area contributed by atoms with Gasteiger partial charge in [0.25, 0.3) is 0 Å². The Balaban J connectivity index is 2.12. The Morgan fingerprint density at radius 2 is 2.28 bits per heavy atom. The zero-order valence-electron chi connectivity index (χ0n) is 10.2. The highest BCUT2D eigenvalue weighted by Crippen LogP contribution is 2.24. The van der Waals surface area contributed by atoms with Crippen molar-refractivity contribution in [1.29, 1.82) is 0 Å². The molecule has 1 heterocycles. The molecule has 1 aromatic heterocycles. The normalized spacial score (nSPS) is 12.2. The number of aryl methyl sites for hydroxylation is 1. The van der Waals surface area contributed by atoms with Gasteiger partial charge in [-0.3, -0.25) is 9.48 Å². The van der Waals surface area contributed by atoms with Crippen molar-refractivity contribution in [3.8, 4) is 0 Å². The molecular formula is C13H14BrN3O. The quantitative estimate of drug-likeness (QED) is 0.947. The number of aromatic nitrogens is 2. The summed E-state index contributed by atoms with van der Waals surface area (Å²) in [6, 6.07) is 7.26. The molecule has 0 aliphatic carbocycles. The summed E-state index contributed by atoms with van der Waals surface area (Å²) in [7, 11) is 0. The van der Waals surface area contributed by atoms with E-state index in [1.807, 2.05) is 32.0 Å². The molecule has 0 fully saturated rings. The lowest BCUT2D eigenvalue weighted by Crippen LogP contribution is -2.24. The van der Waals surface area contributed by atoms with Gasteiger partial charge in [0.2, 0.25) is 5.91 Å². The first-order valence-electron chi connectivity index (χ1n) is 5.64. The van der Waals surface area contributed by atoms with Crippen LogP contribution in [0.15, 0.2) is 41.1 Å². The maximum atomic E-state index is 12.1. The molecule has 4 nitrogen and oxygen atoms in total. The van der Waals surface area contributed by atoms with Crippen LogP contribution in [0.4, 0.5) is 5.69 Å². The first-order valence-corrected chi connectivity index (χ1v) is 6.43. The predicted molar refractivity (Wildman–Crippen MR) is 74.4 cm³/mol. The molecule has 0 aliphatic heterocycles. The Bertz CT molecular complexity index is 551. The molecule has 18 heavy (non-hydrogen) atoms. The largest absolute Gasteiger partial charge is 0.323 e. The smallest absolute Gasteiger partial charge is 0.248 e. The summed E-state index contributed by atoms with van der Waals surface area (Å²) in [4.78, 5) is 12.1. The van der Waals surface area contributed by atoms with Crippen LogP contribution in [0.5, 0.6) is 0 Å². The maximum absolute atomic E-state index is 12.1. The van der Waals surface area contributed by atoms with Crippen molar-refractivity contribution in [2.24, 2.45) is 0 Å². The van der Waals surface area contributed by atoms with Gasteiger partial charge in [-0.1, -0.05) is 6.07 Å². The van der Waals surface area contributed by atoms with Gasteiger partial charge in [-0.2, -0.15) is 5.10 Å². The lowest BCUT2D eigenvalue weighted by Gasteiger charge is -2.13. The van der Waals surface area contributed by atoms with Crippen molar-refractivity contribution in [3.05, 3.63) is 46.7 Å². The molecule has 0 spiro atoms. The van der Waals surface area contributed by atoms with Crippen molar-refractivity contribution < 1.29 is 4.79 Å². The summed E-state index contributed by atoms with van der Waals surface area (Å²) in [5, 5.41) is 6.94. The number of benzene rings is 1. The van der Waals surface area contributed by atoms with E-state index in [9.17, 15) is 4.79 Å². The fourth-order valence-electron chi connectivity index (χ4n) is 1.59. The van der Waals surface area contributed by atoms with Gasteiger partial charge in [0, 0.05) is 16.9 Å². The van der Waals surface area contributed by atoms with Crippen LogP contribution in [-0.2, 0) is 4.79 Å². The maximum Gasteiger partial charge on any atom is 0.248 e. The van der Waals surface area contributed by atoms with E-state index in [0.29, 0.717) is 0 Å². The van der Waals surface area contributed by atoms with Gasteiger partial charge in [0.05, 0.1) is 5.69 Å². The Morgan fingerprint density at radius 3 is 2.89 bits per heavy atom. The van der Waals surface area contributed by atoms with Gasteiger partial charge in [-0.15, -0.1) is 0 Å². The highest BCUT2D eigenvalue weighted by Gasteiger charge is 2.15. The van der Waals surface area contributed by atoms with Crippen LogP contribution < -0.4 is 5.32 Å². The Morgan fingerprint density at radius 1 is 1.50 bits per heavy atom. The van der Waals surface area contributed by atoms with E-state index in [1.54, 1.807) is 23.1 Å². The minimum Gasteiger partial charge on any atom is -0.323 e. The molecule has 1 N–H and O–H groups in total. The molecule has 1 unspecified atom stereocenters. The summed E-state index contributed by atoms with van der Waals surface area (Å²) < 4.78 is 2.50. The van der Waals surface area contributed by atoms with Crippen molar-refractivity contribution in [2.75, 3.05) is 5.32 Å². The highest BCUT2D eigenvalue weighted by molar-refractivity contribution is 9.10. The number of rotatable bonds is 3. The number of amides is 1. The number of hydrogen-bond acceptors (Lipinski definition) is 2. The van der Waals surface area contributed by atoms with E-state index in [1.165, 1.54) is 0 Å². The third-order valence-electron chi connectivity index (χ3n) is 2.68. The first kappa shape index (κ1) is 12.8. The number of nitrogens with one attached hydrogen (secondary N) is 1. The Hall–Kier alpha value is -1.62. The first-order chi connectivity index (χ1) is 8.58. The van der Waals surface area contributed by atoms with E-state index in [0.717, 1.165) is 15.7 Å². The summed E-state index contributed by atoms with van der Waals surface area (Å²) >= 11 is 3.44. The second-order valence-electron chi connectivity index (χ2n) is 4.13. The monoisotopic (exact) mass is 307 g/mol. The van der Waals surface area contributed by atoms with Crippen LogP contribution in [-0.4, -0.2) is 15.7 Å². The zero-order chi connectivity index (χ0) is 13.1. The zero-order valence-corrected chi connectivity index (χ0v) is 11.8. The summed E-state index contributed by atoms with van der Waals surface area (Å²) in [6.07, 6.45) is 3.43. The lowest BCUT2D eigenvalue weighted by atomic mass is 10.2. The SMILES string of the molecule is Cc1ccc(NC(=O)C(C)n2cccn2)c(Br)c1. The molecule has 1 aromatic carbocycles. The third kappa shape index (κ3) is 2.79. The third-order valence-corrected chi connectivity index (χ3v) is 3.34. The van der Waals surface area contributed by atoms with E-state index in [-0.39, 0.29) is 11.9 Å². The molecule has 0 saturated heterocycles. The molecule has 0 aliphatic rings. The van der Waals surface area contributed by atoms with Crippen LogP contribution >= 0.6 is 15.9 Å². The van der Waals surface area contributed by atoms with E-state index < -0.39 is 0 Å². The van der Waals surface area contributed by atoms with Gasteiger partial charge < -0.3 is 5.32 Å². The molecule has 1 amide bonds. The number of anilines is 1. The van der Waals surface area contributed by atoms with Crippen LogP contribution in [0.1, 0.15) is 18.5 Å². The van der Waals surface area contributed by atoms with Crippen molar-refractivity contribution in [3.63, 3.8) is 0 Å². The molecule has 0 bridgehead atoms. The van der Waals surface area contributed by atoms with Crippen LogP contribution in [0.25, 0.3) is 0 Å². The van der Waals surface area contributed by atoms with Gasteiger partial charge in [-0.05, 0) is 53.5 Å². The number of hydrogen-bond donors (Lipinski definition) is 1. The molecule has 2 aromatic rings. The number of carbonyl (C=O) groups is 1. The van der Waals surface area contributed by atoms with Crippen molar-refractivity contribution >= 4 is 27.5 Å². The van der Waals surface area contributed by atoms with Gasteiger partial charge in [-0.25, -0.2) is 0 Å². The minimum absolute atomic E-state index is 0.0942. The molecule has 2 rings (SSSR count). The van der Waals surface area contributed by atoms with Crippen molar-refractivity contribution in [2.45, 2.75) is 19.9 Å². The molecule has 0 saturated carbocycles. The van der Waals surface area contributed by atoms with Crippen LogP contribution in [0.2, 0.25) is 0 Å². The Labute approximate surface area is 114 Å². The number of halogens is 1. The van der Waals surface area contributed by atoms with E-state index in [2.05, 4.69) is 26.3 Å². The summed E-state index contributed by atoms with van der Waals surface area (Å²) in [5.74, 6) is -0.0942.